The lowest BCUT2D eigenvalue weighted by molar-refractivity contribution is -0.125. The van der Waals surface area contributed by atoms with Gasteiger partial charge in [0.2, 0.25) is 5.91 Å². The van der Waals surface area contributed by atoms with Crippen LogP contribution >= 0.6 is 0 Å². The molecule has 1 aliphatic rings. The normalized spacial score (nSPS) is 18.3. The molecule has 0 unspecified atom stereocenters. The maximum Gasteiger partial charge on any atom is 0.410 e. The Morgan fingerprint density at radius 2 is 1.91 bits per heavy atom. The van der Waals surface area contributed by atoms with Crippen molar-refractivity contribution in [2.75, 3.05) is 32.7 Å². The molecule has 1 aliphatic heterocycles. The topological polar surface area (TPSA) is 61.9 Å². The molecule has 0 aliphatic carbocycles. The number of amides is 2. The summed E-state index contributed by atoms with van der Waals surface area (Å²) >= 11 is 0. The molecule has 1 atom stereocenters. The fraction of sp³-hybridized carbons (Fsp3) is 0.882. The Kier molecular flexibility index (Phi) is 7.82. The number of likely N-dealkylation sites (tertiary alicyclic amines) is 1. The Bertz CT molecular complexity index is 389. The minimum Gasteiger partial charge on any atom is -0.444 e. The van der Waals surface area contributed by atoms with Crippen LogP contribution in [0, 0.1) is 0 Å². The molecule has 1 saturated heterocycles. The van der Waals surface area contributed by atoms with Crippen LogP contribution in [0.2, 0.25) is 0 Å². The van der Waals surface area contributed by atoms with Gasteiger partial charge in [-0.2, -0.15) is 0 Å². The van der Waals surface area contributed by atoms with Crippen molar-refractivity contribution in [1.29, 1.82) is 0 Å². The fourth-order valence-corrected chi connectivity index (χ4v) is 2.75. The molecular weight excluding hydrogens is 294 g/mol. The lowest BCUT2D eigenvalue weighted by Gasteiger charge is -2.28. The first-order valence-electron chi connectivity index (χ1n) is 8.78. The second kappa shape index (κ2) is 9.11. The van der Waals surface area contributed by atoms with E-state index in [9.17, 15) is 9.59 Å². The van der Waals surface area contributed by atoms with Crippen molar-refractivity contribution >= 4 is 12.0 Å². The van der Waals surface area contributed by atoms with Crippen LogP contribution < -0.4 is 5.32 Å². The number of nitrogens with zero attached hydrogens (tertiary/aromatic N) is 2. The highest BCUT2D eigenvalue weighted by Crippen LogP contribution is 2.20. The summed E-state index contributed by atoms with van der Waals surface area (Å²) in [5, 5.41) is 2.96. The van der Waals surface area contributed by atoms with Gasteiger partial charge in [-0.05, 0) is 59.7 Å². The molecule has 134 valence electrons. The van der Waals surface area contributed by atoms with E-state index in [2.05, 4.69) is 24.1 Å². The van der Waals surface area contributed by atoms with E-state index in [4.69, 9.17) is 4.74 Å². The number of hydrogen-bond donors (Lipinski definition) is 1. The highest BCUT2D eigenvalue weighted by atomic mass is 16.6. The van der Waals surface area contributed by atoms with E-state index in [1.807, 2.05) is 20.8 Å². The van der Waals surface area contributed by atoms with Crippen molar-refractivity contribution in [3.8, 4) is 0 Å². The Morgan fingerprint density at radius 1 is 1.26 bits per heavy atom. The van der Waals surface area contributed by atoms with Crippen LogP contribution in [0.15, 0.2) is 0 Å². The third-order valence-corrected chi connectivity index (χ3v) is 4.03. The summed E-state index contributed by atoms with van der Waals surface area (Å²) in [4.78, 5) is 28.4. The molecule has 0 aromatic carbocycles. The zero-order chi connectivity index (χ0) is 17.5. The summed E-state index contributed by atoms with van der Waals surface area (Å²) in [6.45, 7) is 14.1. The van der Waals surface area contributed by atoms with Gasteiger partial charge in [-0.15, -0.1) is 0 Å². The first-order valence-corrected chi connectivity index (χ1v) is 8.78. The van der Waals surface area contributed by atoms with Gasteiger partial charge in [-0.25, -0.2) is 4.79 Å². The molecular formula is C17H33N3O3. The number of carbonyl (C=O) groups excluding carboxylic acids is 2. The lowest BCUT2D eigenvalue weighted by atomic mass is 10.2. The second-order valence-corrected chi connectivity index (χ2v) is 7.00. The van der Waals surface area contributed by atoms with Gasteiger partial charge < -0.3 is 15.0 Å². The summed E-state index contributed by atoms with van der Waals surface area (Å²) in [6, 6.07) is -0.390. The molecule has 0 bridgehead atoms. The maximum absolute atomic E-state index is 12.3. The van der Waals surface area contributed by atoms with Crippen LogP contribution in [0.25, 0.3) is 0 Å². The predicted octanol–water partition coefficient (Wildman–Crippen LogP) is 2.23. The SMILES string of the molecule is CCN(CC)CCCNC(=O)[C@@H]1CCCN1C(=O)OC(C)(C)C. The van der Waals surface area contributed by atoms with Crippen molar-refractivity contribution in [2.45, 2.75) is 65.5 Å². The highest BCUT2D eigenvalue weighted by molar-refractivity contribution is 5.86. The molecule has 23 heavy (non-hydrogen) atoms. The smallest absolute Gasteiger partial charge is 0.410 e. The van der Waals surface area contributed by atoms with Crippen molar-refractivity contribution in [3.63, 3.8) is 0 Å². The van der Waals surface area contributed by atoms with Crippen molar-refractivity contribution < 1.29 is 14.3 Å². The molecule has 2 amide bonds. The van der Waals surface area contributed by atoms with Gasteiger partial charge in [0.25, 0.3) is 0 Å². The molecule has 0 radical (unpaired) electrons. The zero-order valence-electron chi connectivity index (χ0n) is 15.4. The van der Waals surface area contributed by atoms with Crippen LogP contribution in [0.4, 0.5) is 4.79 Å². The molecule has 6 nitrogen and oxygen atoms in total. The largest absolute Gasteiger partial charge is 0.444 e. The van der Waals surface area contributed by atoms with Crippen LogP contribution in [0.5, 0.6) is 0 Å². The Morgan fingerprint density at radius 3 is 2.48 bits per heavy atom. The first kappa shape index (κ1) is 19.7. The minimum atomic E-state index is -0.537. The van der Waals surface area contributed by atoms with Gasteiger partial charge >= 0.3 is 6.09 Å². The summed E-state index contributed by atoms with van der Waals surface area (Å²) in [6.07, 6.45) is 2.09. The monoisotopic (exact) mass is 327 g/mol. The molecule has 1 heterocycles. The van der Waals surface area contributed by atoms with E-state index in [0.717, 1.165) is 32.5 Å². The van der Waals surface area contributed by atoms with Gasteiger partial charge in [0.1, 0.15) is 11.6 Å². The van der Waals surface area contributed by atoms with E-state index in [0.29, 0.717) is 19.5 Å². The fourth-order valence-electron chi connectivity index (χ4n) is 2.75. The molecule has 1 rings (SSSR count). The van der Waals surface area contributed by atoms with Crippen LogP contribution in [0.3, 0.4) is 0 Å². The second-order valence-electron chi connectivity index (χ2n) is 7.00. The van der Waals surface area contributed by atoms with E-state index < -0.39 is 17.7 Å². The average Bonchev–Trinajstić information content (AvgIpc) is 2.95. The van der Waals surface area contributed by atoms with E-state index in [1.165, 1.54) is 0 Å². The lowest BCUT2D eigenvalue weighted by Crippen LogP contribution is -2.47. The molecule has 6 heteroatoms. The van der Waals surface area contributed by atoms with E-state index in [1.54, 1.807) is 4.90 Å². The Hall–Kier alpha value is -1.30. The predicted molar refractivity (Wildman–Crippen MR) is 91.4 cm³/mol. The quantitative estimate of drug-likeness (QED) is 0.729. The van der Waals surface area contributed by atoms with Crippen molar-refractivity contribution in [1.82, 2.24) is 15.1 Å². The van der Waals surface area contributed by atoms with Crippen LogP contribution in [0.1, 0.15) is 53.9 Å². The summed E-state index contributed by atoms with van der Waals surface area (Å²) in [5.41, 5.74) is -0.537. The van der Waals surface area contributed by atoms with E-state index in [-0.39, 0.29) is 5.91 Å². The van der Waals surface area contributed by atoms with Gasteiger partial charge in [-0.3, -0.25) is 9.69 Å². The van der Waals surface area contributed by atoms with Gasteiger partial charge in [-0.1, -0.05) is 13.8 Å². The zero-order valence-corrected chi connectivity index (χ0v) is 15.4. The number of nitrogens with one attached hydrogen (secondary N) is 1. The molecule has 0 spiro atoms. The third-order valence-electron chi connectivity index (χ3n) is 4.03. The first-order chi connectivity index (χ1) is 10.8. The standard InChI is InChI=1S/C17H33N3O3/c1-6-19(7-2)12-9-11-18-15(21)14-10-8-13-20(14)16(22)23-17(3,4)5/h14H,6-13H2,1-5H3,(H,18,21)/t14-/m0/s1. The van der Waals surface area contributed by atoms with Gasteiger partial charge in [0.05, 0.1) is 0 Å². The summed E-state index contributed by atoms with van der Waals surface area (Å²) < 4.78 is 5.39. The van der Waals surface area contributed by atoms with Gasteiger partial charge in [0, 0.05) is 13.1 Å². The molecule has 1 fully saturated rings. The maximum atomic E-state index is 12.3. The highest BCUT2D eigenvalue weighted by Gasteiger charge is 2.36. The number of rotatable bonds is 7. The third kappa shape index (κ3) is 6.77. The van der Waals surface area contributed by atoms with Crippen molar-refractivity contribution in [2.24, 2.45) is 0 Å². The molecule has 0 aromatic heterocycles. The Balaban J connectivity index is 2.41. The molecule has 1 N–H and O–H groups in total. The number of ether oxygens (including phenoxy) is 1. The molecule has 0 aromatic rings. The average molecular weight is 327 g/mol. The number of carbonyl (C=O) groups is 2. The summed E-state index contributed by atoms with van der Waals surface area (Å²) in [7, 11) is 0. The minimum absolute atomic E-state index is 0.0621. The Labute approximate surface area is 140 Å². The summed E-state index contributed by atoms with van der Waals surface area (Å²) in [5.74, 6) is -0.0621. The number of hydrogen-bond acceptors (Lipinski definition) is 4. The van der Waals surface area contributed by atoms with E-state index >= 15 is 0 Å². The molecule has 0 saturated carbocycles. The van der Waals surface area contributed by atoms with Crippen molar-refractivity contribution in [3.05, 3.63) is 0 Å². The van der Waals surface area contributed by atoms with Crippen LogP contribution in [-0.2, 0) is 9.53 Å². The van der Waals surface area contributed by atoms with Crippen LogP contribution in [-0.4, -0.2) is 66.2 Å². The van der Waals surface area contributed by atoms with Gasteiger partial charge in [0.15, 0.2) is 0 Å².